The minimum Gasteiger partial charge on any atom is -0.325 e. The molecule has 2 N–H and O–H groups in total. The highest BCUT2D eigenvalue weighted by Crippen LogP contribution is 2.24. The molecule has 1 nitrogen and oxygen atoms in total. The zero-order valence-corrected chi connectivity index (χ0v) is 10.1. The predicted octanol–water partition coefficient (Wildman–Crippen LogP) is 3.58. The minimum atomic E-state index is 0.0453. The van der Waals surface area contributed by atoms with Crippen LogP contribution in [0, 0.1) is 11.8 Å². The highest BCUT2D eigenvalue weighted by atomic mass is 14.7. The fourth-order valence-corrected chi connectivity index (χ4v) is 1.60. The maximum atomic E-state index is 6.26. The quantitative estimate of drug-likeness (QED) is 0.672. The molecule has 0 saturated heterocycles. The van der Waals surface area contributed by atoms with Gasteiger partial charge in [-0.05, 0) is 25.2 Å². The van der Waals surface area contributed by atoms with Crippen LogP contribution in [-0.4, -0.2) is 5.54 Å². The molecule has 0 aliphatic heterocycles. The molecule has 0 aliphatic carbocycles. The van der Waals surface area contributed by atoms with Gasteiger partial charge in [0, 0.05) is 5.54 Å². The van der Waals surface area contributed by atoms with Crippen LogP contribution in [0.15, 0.2) is 0 Å². The zero-order chi connectivity index (χ0) is 10.5. The first-order valence-electron chi connectivity index (χ1n) is 5.69. The summed E-state index contributed by atoms with van der Waals surface area (Å²) in [4.78, 5) is 0. The molecule has 0 amide bonds. The second-order valence-electron chi connectivity index (χ2n) is 5.10. The lowest BCUT2D eigenvalue weighted by Crippen LogP contribution is -2.42. The van der Waals surface area contributed by atoms with Crippen molar-refractivity contribution in [1.82, 2.24) is 0 Å². The molecule has 0 spiro atoms. The van der Waals surface area contributed by atoms with Crippen molar-refractivity contribution < 1.29 is 0 Å². The van der Waals surface area contributed by atoms with Gasteiger partial charge in [0.05, 0.1) is 0 Å². The summed E-state index contributed by atoms with van der Waals surface area (Å²) in [6.07, 6.45) is 4.94. The Bertz CT molecular complexity index is 127. The van der Waals surface area contributed by atoms with Gasteiger partial charge >= 0.3 is 0 Å². The Morgan fingerprint density at radius 1 is 1.23 bits per heavy atom. The van der Waals surface area contributed by atoms with Crippen LogP contribution < -0.4 is 5.73 Å². The van der Waals surface area contributed by atoms with E-state index in [4.69, 9.17) is 5.73 Å². The van der Waals surface area contributed by atoms with Gasteiger partial charge < -0.3 is 5.73 Å². The van der Waals surface area contributed by atoms with Crippen LogP contribution >= 0.6 is 0 Å². The Morgan fingerprint density at radius 3 is 2.15 bits per heavy atom. The summed E-state index contributed by atoms with van der Waals surface area (Å²) >= 11 is 0. The van der Waals surface area contributed by atoms with Crippen LogP contribution in [0.4, 0.5) is 0 Å². The largest absolute Gasteiger partial charge is 0.325 e. The standard InChI is InChI=1S/C12H27N/c1-6-11(4)12(5,13)9-7-8-10(2)3/h10-11H,6-9,13H2,1-5H3. The predicted molar refractivity (Wildman–Crippen MR) is 60.7 cm³/mol. The molecule has 0 aromatic carbocycles. The minimum absolute atomic E-state index is 0.0453. The maximum Gasteiger partial charge on any atom is 0.0151 e. The molecule has 0 radical (unpaired) electrons. The van der Waals surface area contributed by atoms with Gasteiger partial charge in [-0.3, -0.25) is 0 Å². The third-order valence-corrected chi connectivity index (χ3v) is 3.24. The summed E-state index contributed by atoms with van der Waals surface area (Å²) < 4.78 is 0. The summed E-state index contributed by atoms with van der Waals surface area (Å²) in [7, 11) is 0. The smallest absolute Gasteiger partial charge is 0.0151 e. The molecular weight excluding hydrogens is 158 g/mol. The molecule has 2 atom stereocenters. The number of nitrogens with two attached hydrogens (primary N) is 1. The summed E-state index contributed by atoms with van der Waals surface area (Å²) in [6.45, 7) is 11.2. The highest BCUT2D eigenvalue weighted by molar-refractivity contribution is 4.83. The SMILES string of the molecule is CCC(C)C(C)(N)CCCC(C)C. The molecule has 80 valence electrons. The van der Waals surface area contributed by atoms with Crippen molar-refractivity contribution in [2.45, 2.75) is 65.8 Å². The monoisotopic (exact) mass is 185 g/mol. The van der Waals surface area contributed by atoms with E-state index in [1.807, 2.05) is 0 Å². The maximum absolute atomic E-state index is 6.26. The van der Waals surface area contributed by atoms with Gasteiger partial charge in [-0.1, -0.05) is 47.0 Å². The first-order valence-corrected chi connectivity index (χ1v) is 5.69. The molecule has 0 fully saturated rings. The van der Waals surface area contributed by atoms with Crippen LogP contribution in [0.25, 0.3) is 0 Å². The Hall–Kier alpha value is -0.0400. The van der Waals surface area contributed by atoms with Gasteiger partial charge in [-0.2, -0.15) is 0 Å². The lowest BCUT2D eigenvalue weighted by molar-refractivity contribution is 0.276. The van der Waals surface area contributed by atoms with Crippen molar-refractivity contribution in [1.29, 1.82) is 0 Å². The normalized spacial score (nSPS) is 18.7. The van der Waals surface area contributed by atoms with E-state index in [-0.39, 0.29) is 5.54 Å². The molecule has 0 saturated carbocycles. The zero-order valence-electron chi connectivity index (χ0n) is 10.1. The van der Waals surface area contributed by atoms with Crippen LogP contribution in [-0.2, 0) is 0 Å². The molecule has 0 bridgehead atoms. The fraction of sp³-hybridized carbons (Fsp3) is 1.00. The summed E-state index contributed by atoms with van der Waals surface area (Å²) in [5.74, 6) is 1.45. The Morgan fingerprint density at radius 2 is 1.77 bits per heavy atom. The van der Waals surface area contributed by atoms with Crippen molar-refractivity contribution in [3.8, 4) is 0 Å². The van der Waals surface area contributed by atoms with E-state index in [0.717, 1.165) is 5.92 Å². The number of hydrogen-bond donors (Lipinski definition) is 1. The average molecular weight is 185 g/mol. The van der Waals surface area contributed by atoms with E-state index in [1.165, 1.54) is 25.7 Å². The van der Waals surface area contributed by atoms with Gasteiger partial charge in [-0.15, -0.1) is 0 Å². The molecule has 0 aromatic heterocycles. The van der Waals surface area contributed by atoms with Crippen molar-refractivity contribution in [2.75, 3.05) is 0 Å². The highest BCUT2D eigenvalue weighted by Gasteiger charge is 2.24. The average Bonchev–Trinajstić information content (AvgIpc) is 2.01. The van der Waals surface area contributed by atoms with E-state index < -0.39 is 0 Å². The molecule has 0 rings (SSSR count). The number of hydrogen-bond acceptors (Lipinski definition) is 1. The Kier molecular flexibility index (Phi) is 5.62. The second kappa shape index (κ2) is 5.64. The molecule has 13 heavy (non-hydrogen) atoms. The van der Waals surface area contributed by atoms with Crippen LogP contribution in [0.2, 0.25) is 0 Å². The second-order valence-corrected chi connectivity index (χ2v) is 5.10. The Labute approximate surface area is 84.1 Å². The molecule has 1 heteroatoms. The van der Waals surface area contributed by atoms with Crippen molar-refractivity contribution in [2.24, 2.45) is 17.6 Å². The molecule has 0 aliphatic rings. The van der Waals surface area contributed by atoms with Crippen molar-refractivity contribution >= 4 is 0 Å². The molecular formula is C12H27N. The van der Waals surface area contributed by atoms with E-state index in [9.17, 15) is 0 Å². The third-order valence-electron chi connectivity index (χ3n) is 3.24. The van der Waals surface area contributed by atoms with Gasteiger partial charge in [-0.25, -0.2) is 0 Å². The first kappa shape index (κ1) is 13.0. The molecule has 0 heterocycles. The van der Waals surface area contributed by atoms with Crippen molar-refractivity contribution in [3.05, 3.63) is 0 Å². The molecule has 2 unspecified atom stereocenters. The lowest BCUT2D eigenvalue weighted by atomic mass is 9.81. The van der Waals surface area contributed by atoms with Crippen LogP contribution in [0.3, 0.4) is 0 Å². The van der Waals surface area contributed by atoms with Gasteiger partial charge in [0.15, 0.2) is 0 Å². The molecule has 0 aromatic rings. The van der Waals surface area contributed by atoms with E-state index in [1.54, 1.807) is 0 Å². The fourth-order valence-electron chi connectivity index (χ4n) is 1.60. The summed E-state index contributed by atoms with van der Waals surface area (Å²) in [5.41, 5.74) is 6.30. The van der Waals surface area contributed by atoms with Gasteiger partial charge in [0.1, 0.15) is 0 Å². The van der Waals surface area contributed by atoms with E-state index in [0.29, 0.717) is 5.92 Å². The third kappa shape index (κ3) is 5.30. The summed E-state index contributed by atoms with van der Waals surface area (Å²) in [5, 5.41) is 0. The van der Waals surface area contributed by atoms with Gasteiger partial charge in [0.2, 0.25) is 0 Å². The van der Waals surface area contributed by atoms with Crippen LogP contribution in [0.5, 0.6) is 0 Å². The summed E-state index contributed by atoms with van der Waals surface area (Å²) in [6, 6.07) is 0. The van der Waals surface area contributed by atoms with Gasteiger partial charge in [0.25, 0.3) is 0 Å². The van der Waals surface area contributed by atoms with Crippen molar-refractivity contribution in [3.63, 3.8) is 0 Å². The lowest BCUT2D eigenvalue weighted by Gasteiger charge is -2.31. The topological polar surface area (TPSA) is 26.0 Å². The first-order chi connectivity index (χ1) is 5.90. The van der Waals surface area contributed by atoms with E-state index in [2.05, 4.69) is 34.6 Å². The van der Waals surface area contributed by atoms with E-state index >= 15 is 0 Å². The number of rotatable bonds is 6. The Balaban J connectivity index is 3.75. The van der Waals surface area contributed by atoms with Crippen LogP contribution in [0.1, 0.15) is 60.3 Å².